The Morgan fingerprint density at radius 2 is 0.833 bits per heavy atom. The fraction of sp³-hybridized carbons (Fsp3) is 1.00. The van der Waals surface area contributed by atoms with E-state index < -0.39 is 0 Å². The summed E-state index contributed by atoms with van der Waals surface area (Å²) >= 11 is 0. The fourth-order valence-corrected chi connectivity index (χ4v) is 0. The number of hydrogen-bond acceptors (Lipinski definition) is 1. The van der Waals surface area contributed by atoms with E-state index in [1.165, 1.54) is 7.05 Å². The maximum absolute atomic E-state index is 4.50. The standard InChI is InChI=1S/CH5N.3HI.Pb/c1-2;;;;/h2H2,1H3;3*1H;/q;;;;+3/p-3. The van der Waals surface area contributed by atoms with E-state index in [1.807, 2.05) is 0 Å². The average molecular weight is 619 g/mol. The molecule has 1 nitrogen and oxygen atoms in total. The van der Waals surface area contributed by atoms with E-state index in [4.69, 9.17) is 0 Å². The summed E-state index contributed by atoms with van der Waals surface area (Å²) in [4.78, 5) is 0. The van der Waals surface area contributed by atoms with Gasteiger partial charge in [-0.3, -0.25) is 0 Å². The Bertz CT molecular complexity index is 10.8. The third-order valence-corrected chi connectivity index (χ3v) is 0. The smallest absolute Gasteiger partial charge is 1.00 e. The van der Waals surface area contributed by atoms with Gasteiger partial charge in [0.25, 0.3) is 0 Å². The first-order valence-electron chi connectivity index (χ1n) is 0.577. The largest absolute Gasteiger partial charge is 3.00 e. The Balaban J connectivity index is -0.000000000833. The number of halogens is 3. The maximum atomic E-state index is 4.50. The second-order valence-corrected chi connectivity index (χ2v) is 0. The molecule has 1 radical (unpaired) electrons. The molecule has 2 N–H and O–H groups in total. The molecule has 0 aromatic carbocycles. The van der Waals surface area contributed by atoms with E-state index in [-0.39, 0.29) is 99.2 Å². The maximum Gasteiger partial charge on any atom is 3.00 e. The molecule has 0 aliphatic rings. The van der Waals surface area contributed by atoms with E-state index in [9.17, 15) is 0 Å². The minimum atomic E-state index is 0. The van der Waals surface area contributed by atoms with Crippen LogP contribution in [0.5, 0.6) is 0 Å². The monoisotopic (exact) mass is 620 g/mol. The molecular formula is CH5I3NPb. The van der Waals surface area contributed by atoms with Gasteiger partial charge in [-0.05, 0) is 7.05 Å². The van der Waals surface area contributed by atoms with Gasteiger partial charge in [0, 0.05) is 0 Å². The second-order valence-electron chi connectivity index (χ2n) is 0. The van der Waals surface area contributed by atoms with Gasteiger partial charge in [0.05, 0.1) is 0 Å². The van der Waals surface area contributed by atoms with Crippen molar-refractivity contribution in [2.24, 2.45) is 5.73 Å². The molecule has 0 aliphatic heterocycles. The van der Waals surface area contributed by atoms with Crippen LogP contribution in [-0.4, -0.2) is 34.3 Å². The Labute approximate surface area is 110 Å². The van der Waals surface area contributed by atoms with Crippen molar-refractivity contribution in [2.45, 2.75) is 0 Å². The summed E-state index contributed by atoms with van der Waals surface area (Å²) < 4.78 is 0. The molecule has 0 fully saturated rings. The summed E-state index contributed by atoms with van der Waals surface area (Å²) in [5, 5.41) is 0. The van der Waals surface area contributed by atoms with Gasteiger partial charge in [-0.2, -0.15) is 0 Å². The van der Waals surface area contributed by atoms with Gasteiger partial charge in [0.2, 0.25) is 0 Å². The molecule has 0 heterocycles. The van der Waals surface area contributed by atoms with E-state index in [0.717, 1.165) is 0 Å². The second kappa shape index (κ2) is 42.8. The molecule has 39 valence electrons. The van der Waals surface area contributed by atoms with Crippen LogP contribution in [0.2, 0.25) is 0 Å². The van der Waals surface area contributed by atoms with Gasteiger partial charge in [-0.15, -0.1) is 0 Å². The van der Waals surface area contributed by atoms with Crippen molar-refractivity contribution >= 4 is 27.3 Å². The summed E-state index contributed by atoms with van der Waals surface area (Å²) in [7, 11) is 1.50. The van der Waals surface area contributed by atoms with Gasteiger partial charge in [0.1, 0.15) is 0 Å². The van der Waals surface area contributed by atoms with Gasteiger partial charge >= 0.3 is 27.3 Å². The number of nitrogens with two attached hydrogens (primary N) is 1. The quantitative estimate of drug-likeness (QED) is 0.212. The molecule has 0 spiro atoms. The van der Waals surface area contributed by atoms with Crippen molar-refractivity contribution in [3.8, 4) is 0 Å². The molecule has 6 heavy (non-hydrogen) atoms. The number of hydrogen-bond donors (Lipinski definition) is 1. The topological polar surface area (TPSA) is 26.0 Å². The summed E-state index contributed by atoms with van der Waals surface area (Å²) in [6.07, 6.45) is 0. The van der Waals surface area contributed by atoms with Crippen molar-refractivity contribution in [2.75, 3.05) is 7.05 Å². The SMILES string of the molecule is CN.[I-].[I-].[I-].[Pb+3]. The molecule has 0 aromatic heterocycles. The summed E-state index contributed by atoms with van der Waals surface area (Å²) in [6.45, 7) is 0. The first-order chi connectivity index (χ1) is 1.00. The summed E-state index contributed by atoms with van der Waals surface area (Å²) in [5.41, 5.74) is 4.50. The minimum absolute atomic E-state index is 0. The Morgan fingerprint density at radius 3 is 0.833 bits per heavy atom. The molecule has 0 rings (SSSR count). The van der Waals surface area contributed by atoms with Crippen LogP contribution in [0.1, 0.15) is 0 Å². The van der Waals surface area contributed by atoms with Crippen LogP contribution in [0.15, 0.2) is 0 Å². The Hall–Kier alpha value is 3.07. The Kier molecular flexibility index (Phi) is 254. The zero-order valence-corrected chi connectivity index (χ0v) is 13.6. The van der Waals surface area contributed by atoms with Crippen LogP contribution in [0.25, 0.3) is 0 Å². The van der Waals surface area contributed by atoms with Gasteiger partial charge in [-0.25, -0.2) is 0 Å². The number of rotatable bonds is 0. The van der Waals surface area contributed by atoms with Crippen molar-refractivity contribution in [1.29, 1.82) is 0 Å². The molecule has 0 aromatic rings. The first-order valence-corrected chi connectivity index (χ1v) is 0.577. The van der Waals surface area contributed by atoms with Crippen LogP contribution < -0.4 is 77.7 Å². The van der Waals surface area contributed by atoms with Crippen LogP contribution >= 0.6 is 0 Å². The van der Waals surface area contributed by atoms with Crippen LogP contribution in [0.3, 0.4) is 0 Å². The predicted molar refractivity (Wildman–Crippen MR) is 15.9 cm³/mol. The van der Waals surface area contributed by atoms with Crippen LogP contribution in [0.4, 0.5) is 0 Å². The van der Waals surface area contributed by atoms with Crippen molar-refractivity contribution < 1.29 is 71.9 Å². The average Bonchev–Trinajstić information content (AvgIpc) is 1.00. The molecule has 0 amide bonds. The van der Waals surface area contributed by atoms with Crippen molar-refractivity contribution in [3.05, 3.63) is 0 Å². The molecule has 0 bridgehead atoms. The van der Waals surface area contributed by atoms with E-state index in [0.29, 0.717) is 0 Å². The van der Waals surface area contributed by atoms with Gasteiger partial charge < -0.3 is 77.7 Å². The molecular weight excluding hydrogens is 614 g/mol. The molecule has 0 saturated carbocycles. The van der Waals surface area contributed by atoms with Gasteiger partial charge in [0.15, 0.2) is 0 Å². The van der Waals surface area contributed by atoms with Gasteiger partial charge in [-0.1, -0.05) is 0 Å². The predicted octanol–water partition coefficient (Wildman–Crippen LogP) is -9.79. The molecule has 0 saturated heterocycles. The zero-order chi connectivity index (χ0) is 2.00. The molecule has 0 atom stereocenters. The van der Waals surface area contributed by atoms with E-state index in [1.54, 1.807) is 0 Å². The minimum Gasteiger partial charge on any atom is -1.00 e. The van der Waals surface area contributed by atoms with E-state index in [2.05, 4.69) is 5.73 Å². The summed E-state index contributed by atoms with van der Waals surface area (Å²) in [6, 6.07) is 0. The Morgan fingerprint density at radius 1 is 0.833 bits per heavy atom. The van der Waals surface area contributed by atoms with Crippen molar-refractivity contribution in [1.82, 2.24) is 0 Å². The summed E-state index contributed by atoms with van der Waals surface area (Å²) in [5.74, 6) is 0. The molecule has 0 unspecified atom stereocenters. The third-order valence-electron chi connectivity index (χ3n) is 0. The van der Waals surface area contributed by atoms with Crippen molar-refractivity contribution in [3.63, 3.8) is 0 Å². The molecule has 5 heteroatoms. The third kappa shape index (κ3) is 27.6. The normalized spacial score (nSPS) is 1.00. The van der Waals surface area contributed by atoms with Crippen LogP contribution in [-0.2, 0) is 0 Å². The fourth-order valence-electron chi connectivity index (χ4n) is 0. The first kappa shape index (κ1) is 35.6. The zero-order valence-electron chi connectivity index (χ0n) is 3.21. The molecule has 0 aliphatic carbocycles. The van der Waals surface area contributed by atoms with Crippen LogP contribution in [0, 0.1) is 0 Å². The van der Waals surface area contributed by atoms with E-state index >= 15 is 0 Å².